The van der Waals surface area contributed by atoms with Crippen molar-refractivity contribution in [1.82, 2.24) is 9.96 Å². The number of fused-ring (bicyclic) bond motifs is 1. The summed E-state index contributed by atoms with van der Waals surface area (Å²) in [6.45, 7) is 5.46. The number of hydroxylamine groups is 2. The maximum atomic E-state index is 12.4. The van der Waals surface area contributed by atoms with Crippen LogP contribution in [-0.2, 0) is 19.1 Å². The molecule has 0 saturated carbocycles. The van der Waals surface area contributed by atoms with Crippen LogP contribution in [0.3, 0.4) is 0 Å². The minimum atomic E-state index is -1.13. The van der Waals surface area contributed by atoms with Crippen LogP contribution in [0, 0.1) is 0 Å². The quantitative estimate of drug-likeness (QED) is 0.719. The topological polar surface area (TPSA) is 102 Å². The Morgan fingerprint density at radius 3 is 2.26 bits per heavy atom. The molecule has 3 amide bonds. The average molecular weight is 376 g/mol. The van der Waals surface area contributed by atoms with Gasteiger partial charge in [0.2, 0.25) is 0 Å². The molecule has 1 fully saturated rings. The van der Waals surface area contributed by atoms with Crippen LogP contribution in [-0.4, -0.2) is 65.2 Å². The summed E-state index contributed by atoms with van der Waals surface area (Å²) in [5, 5.41) is 0.419. The minimum Gasteiger partial charge on any atom is -0.444 e. The highest BCUT2D eigenvalue weighted by molar-refractivity contribution is 6.20. The number of imide groups is 1. The van der Waals surface area contributed by atoms with Crippen LogP contribution >= 0.6 is 0 Å². The molecule has 0 aliphatic carbocycles. The third kappa shape index (κ3) is 3.92. The summed E-state index contributed by atoms with van der Waals surface area (Å²) in [6, 6.07) is 6.17. The smallest absolute Gasteiger partial charge is 0.410 e. The molecule has 0 radical (unpaired) electrons. The van der Waals surface area contributed by atoms with E-state index in [1.165, 1.54) is 17.0 Å². The molecule has 1 aromatic rings. The van der Waals surface area contributed by atoms with Gasteiger partial charge in [0.1, 0.15) is 5.60 Å². The molecule has 0 unspecified atom stereocenters. The van der Waals surface area contributed by atoms with Gasteiger partial charge in [-0.05, 0) is 32.9 Å². The minimum absolute atomic E-state index is 0.0983. The first-order valence-electron chi connectivity index (χ1n) is 8.46. The molecule has 0 bridgehead atoms. The van der Waals surface area contributed by atoms with Gasteiger partial charge in [0, 0.05) is 6.54 Å². The highest BCUT2D eigenvalue weighted by atomic mass is 16.7. The molecule has 3 rings (SSSR count). The fourth-order valence-electron chi connectivity index (χ4n) is 2.68. The van der Waals surface area contributed by atoms with E-state index in [0.29, 0.717) is 5.06 Å². The third-order valence-electron chi connectivity index (χ3n) is 3.92. The molecule has 0 aromatic heterocycles. The van der Waals surface area contributed by atoms with Gasteiger partial charge in [-0.3, -0.25) is 9.59 Å². The van der Waals surface area contributed by atoms with Crippen molar-refractivity contribution < 1.29 is 33.5 Å². The number of benzene rings is 1. The van der Waals surface area contributed by atoms with E-state index in [2.05, 4.69) is 0 Å². The normalized spacial score (nSPS) is 19.7. The number of amides is 3. The van der Waals surface area contributed by atoms with Crippen LogP contribution in [0.25, 0.3) is 0 Å². The zero-order valence-corrected chi connectivity index (χ0v) is 15.3. The summed E-state index contributed by atoms with van der Waals surface area (Å²) in [7, 11) is 0. The van der Waals surface area contributed by atoms with Gasteiger partial charge in [0.15, 0.2) is 6.10 Å². The summed E-state index contributed by atoms with van der Waals surface area (Å²) in [6.07, 6.45) is -1.71. The Balaban J connectivity index is 1.64. The van der Waals surface area contributed by atoms with Gasteiger partial charge in [-0.15, -0.1) is 0 Å². The fraction of sp³-hybridized carbons (Fsp3) is 0.444. The monoisotopic (exact) mass is 376 g/mol. The molecule has 27 heavy (non-hydrogen) atoms. The summed E-state index contributed by atoms with van der Waals surface area (Å²) < 4.78 is 10.6. The van der Waals surface area contributed by atoms with Gasteiger partial charge in [0.25, 0.3) is 11.8 Å². The van der Waals surface area contributed by atoms with E-state index >= 15 is 0 Å². The number of hydrogen-bond donors (Lipinski definition) is 0. The van der Waals surface area contributed by atoms with Crippen molar-refractivity contribution in [1.29, 1.82) is 0 Å². The lowest BCUT2D eigenvalue weighted by molar-refractivity contribution is -0.186. The Bertz CT molecular complexity index is 764. The van der Waals surface area contributed by atoms with Crippen LogP contribution in [0.5, 0.6) is 0 Å². The Kier molecular flexibility index (Phi) is 4.88. The third-order valence-corrected chi connectivity index (χ3v) is 3.92. The second-order valence-electron chi connectivity index (χ2n) is 7.15. The van der Waals surface area contributed by atoms with Gasteiger partial charge in [-0.2, -0.15) is 0 Å². The molecule has 1 aromatic carbocycles. The summed E-state index contributed by atoms with van der Waals surface area (Å²) in [5.74, 6) is -2.37. The second kappa shape index (κ2) is 6.99. The number of hydrogen-bond acceptors (Lipinski definition) is 7. The number of morpholine rings is 1. The molecule has 144 valence electrons. The van der Waals surface area contributed by atoms with Crippen LogP contribution in [0.15, 0.2) is 24.3 Å². The summed E-state index contributed by atoms with van der Waals surface area (Å²) in [5.41, 5.74) is -0.351. The highest BCUT2D eigenvalue weighted by Gasteiger charge is 2.41. The molecule has 9 nitrogen and oxygen atoms in total. The van der Waals surface area contributed by atoms with E-state index in [1.54, 1.807) is 32.9 Å². The predicted octanol–water partition coefficient (Wildman–Crippen LogP) is 1.38. The van der Waals surface area contributed by atoms with Crippen molar-refractivity contribution in [3.63, 3.8) is 0 Å². The largest absolute Gasteiger partial charge is 0.444 e. The second-order valence-corrected chi connectivity index (χ2v) is 7.15. The molecule has 0 N–H and O–H groups in total. The first-order chi connectivity index (χ1) is 12.7. The van der Waals surface area contributed by atoms with Crippen molar-refractivity contribution in [2.75, 3.05) is 19.7 Å². The predicted molar refractivity (Wildman–Crippen MR) is 90.6 cm³/mol. The molecule has 9 heteroatoms. The SMILES string of the molecule is CC(C)(C)OC(=O)N1CCO[C@@H](C(=O)ON2C(=O)c3ccccc3C2=O)C1. The Morgan fingerprint density at radius 2 is 1.70 bits per heavy atom. The van der Waals surface area contributed by atoms with E-state index in [9.17, 15) is 19.2 Å². The lowest BCUT2D eigenvalue weighted by atomic mass is 10.1. The summed E-state index contributed by atoms with van der Waals surface area (Å²) in [4.78, 5) is 55.3. The standard InChI is InChI=1S/C18H20N2O7/c1-18(2,3)26-17(24)19-8-9-25-13(10-19)16(23)27-20-14(21)11-6-4-5-7-12(11)15(20)22/h4-7,13H,8-10H2,1-3H3/t13-/m1/s1. The molecule has 0 spiro atoms. The fourth-order valence-corrected chi connectivity index (χ4v) is 2.68. The van der Waals surface area contributed by atoms with E-state index in [-0.39, 0.29) is 30.8 Å². The molecule has 2 heterocycles. The maximum absolute atomic E-state index is 12.4. The van der Waals surface area contributed by atoms with Crippen molar-refractivity contribution >= 4 is 23.9 Å². The zero-order valence-electron chi connectivity index (χ0n) is 15.3. The zero-order chi connectivity index (χ0) is 19.8. The van der Waals surface area contributed by atoms with E-state index < -0.39 is 35.6 Å². The Labute approximate surface area is 155 Å². The van der Waals surface area contributed by atoms with Crippen LogP contribution in [0.2, 0.25) is 0 Å². The van der Waals surface area contributed by atoms with Crippen molar-refractivity contribution in [2.24, 2.45) is 0 Å². The number of carbonyl (C=O) groups excluding carboxylic acids is 4. The molecule has 2 aliphatic rings. The van der Waals surface area contributed by atoms with E-state index in [4.69, 9.17) is 14.3 Å². The lowest BCUT2D eigenvalue weighted by Crippen LogP contribution is -2.51. The van der Waals surface area contributed by atoms with Crippen molar-refractivity contribution in [3.05, 3.63) is 35.4 Å². The highest BCUT2D eigenvalue weighted by Crippen LogP contribution is 2.23. The number of ether oxygens (including phenoxy) is 2. The van der Waals surface area contributed by atoms with Crippen molar-refractivity contribution in [2.45, 2.75) is 32.5 Å². The first-order valence-corrected chi connectivity index (χ1v) is 8.46. The molecule has 1 atom stereocenters. The average Bonchev–Trinajstić information content (AvgIpc) is 2.86. The number of nitrogens with zero attached hydrogens (tertiary/aromatic N) is 2. The van der Waals surface area contributed by atoms with Gasteiger partial charge >= 0.3 is 12.1 Å². The molecule has 1 saturated heterocycles. The van der Waals surface area contributed by atoms with Gasteiger partial charge in [-0.25, -0.2) is 9.59 Å². The summed E-state index contributed by atoms with van der Waals surface area (Å²) >= 11 is 0. The van der Waals surface area contributed by atoms with Crippen molar-refractivity contribution in [3.8, 4) is 0 Å². The van der Waals surface area contributed by atoms with Crippen LogP contribution < -0.4 is 0 Å². The number of carbonyl (C=O) groups is 4. The molecular weight excluding hydrogens is 356 g/mol. The molecular formula is C18H20N2O7. The maximum Gasteiger partial charge on any atom is 0.410 e. The molecule has 2 aliphatic heterocycles. The van der Waals surface area contributed by atoms with Crippen LogP contribution in [0.4, 0.5) is 4.79 Å². The Hall–Kier alpha value is -2.94. The lowest BCUT2D eigenvalue weighted by Gasteiger charge is -2.33. The van der Waals surface area contributed by atoms with Crippen LogP contribution in [0.1, 0.15) is 41.5 Å². The van der Waals surface area contributed by atoms with E-state index in [1.807, 2.05) is 0 Å². The van der Waals surface area contributed by atoms with Gasteiger partial charge < -0.3 is 19.2 Å². The van der Waals surface area contributed by atoms with E-state index in [0.717, 1.165) is 0 Å². The Morgan fingerprint density at radius 1 is 1.11 bits per heavy atom. The first kappa shape index (κ1) is 18.8. The van der Waals surface area contributed by atoms with Gasteiger partial charge in [0.05, 0.1) is 24.3 Å². The number of rotatable bonds is 2. The van der Waals surface area contributed by atoms with Gasteiger partial charge in [-0.1, -0.05) is 17.2 Å².